The topological polar surface area (TPSA) is 190 Å². The molecule has 208 valence electrons. The molecule has 9 N–H and O–H groups in total. The lowest BCUT2D eigenvalue weighted by molar-refractivity contribution is -0.211. The van der Waals surface area contributed by atoms with Crippen molar-refractivity contribution in [1.82, 2.24) is 0 Å². The lowest BCUT2D eigenvalue weighted by Crippen LogP contribution is -2.69. The fourth-order valence-electron chi connectivity index (χ4n) is 8.31. The van der Waals surface area contributed by atoms with Gasteiger partial charge in [0.25, 0.3) is 0 Å². The first kappa shape index (κ1) is 29.6. The molecule has 3 saturated carbocycles. The van der Waals surface area contributed by atoms with Gasteiger partial charge in [0.2, 0.25) is 0 Å². The Bertz CT molecular complexity index is 909. The second-order valence-corrected chi connectivity index (χ2v) is 13.3. The van der Waals surface area contributed by atoms with E-state index in [0.717, 1.165) is 0 Å². The molecule has 4 aliphatic carbocycles. The molecule has 0 amide bonds. The molecule has 0 spiro atoms. The first-order valence-corrected chi connectivity index (χ1v) is 13.0. The molecule has 0 bridgehead atoms. The number of aliphatic hydroxyl groups excluding tert-OH is 3. The van der Waals surface area contributed by atoms with Crippen molar-refractivity contribution >= 4 is 5.78 Å². The number of hydrogen-bond acceptors (Lipinski definition) is 8. The second kappa shape index (κ2) is 8.81. The fourth-order valence-corrected chi connectivity index (χ4v) is 8.31. The maximum absolute atomic E-state index is 13.3. The zero-order valence-electron chi connectivity index (χ0n) is 22.2. The molecule has 4 aliphatic rings. The summed E-state index contributed by atoms with van der Waals surface area (Å²) in [4.78, 5) is 13.3. The standard InChI is InChI=1S/C27H44O8.H2O/c1-22(2,32)9-8-20(30)25(5,33)19-7-11-26(34)16-12-21(31)27(35)14-18(29)17(28)13-24(27,4)15(16)6-10-23(19,26)3;/h12,15,17-20,28-30,32-35H,6-11,13-14H2,1-5H3;1H2/t15-,17-,18+,19-,20+,23+,24+,25+,26+,27+;/m1./s1. The van der Waals surface area contributed by atoms with Gasteiger partial charge in [-0.25, -0.2) is 0 Å². The molecule has 0 aromatic heterocycles. The minimum atomic E-state index is -1.82. The van der Waals surface area contributed by atoms with Gasteiger partial charge in [0.05, 0.1) is 35.1 Å². The van der Waals surface area contributed by atoms with Crippen molar-refractivity contribution in [3.05, 3.63) is 11.6 Å². The summed E-state index contributed by atoms with van der Waals surface area (Å²) in [7, 11) is 0. The van der Waals surface area contributed by atoms with Gasteiger partial charge in [0, 0.05) is 17.3 Å². The third-order valence-corrected chi connectivity index (χ3v) is 10.7. The summed E-state index contributed by atoms with van der Waals surface area (Å²) in [6.07, 6.45) is 0.0884. The Hall–Kier alpha value is -0.910. The van der Waals surface area contributed by atoms with Crippen molar-refractivity contribution in [2.24, 2.45) is 22.7 Å². The zero-order valence-corrected chi connectivity index (χ0v) is 22.2. The van der Waals surface area contributed by atoms with Gasteiger partial charge in [-0.3, -0.25) is 4.79 Å². The van der Waals surface area contributed by atoms with E-state index in [1.807, 2.05) is 6.92 Å². The summed E-state index contributed by atoms with van der Waals surface area (Å²) in [5.74, 6) is -1.38. The number of carbonyl (C=O) groups excluding carboxylic acids is 1. The van der Waals surface area contributed by atoms with E-state index < -0.39 is 63.2 Å². The van der Waals surface area contributed by atoms with Crippen LogP contribution in [0.15, 0.2) is 11.6 Å². The van der Waals surface area contributed by atoms with Crippen LogP contribution in [0.1, 0.15) is 86.0 Å². The molecular weight excluding hydrogens is 468 g/mol. The van der Waals surface area contributed by atoms with Crippen molar-refractivity contribution in [2.75, 3.05) is 0 Å². The van der Waals surface area contributed by atoms with E-state index >= 15 is 0 Å². The summed E-state index contributed by atoms with van der Waals surface area (Å²) in [6.45, 7) is 8.58. The quantitative estimate of drug-likeness (QED) is 0.269. The van der Waals surface area contributed by atoms with E-state index in [1.54, 1.807) is 27.7 Å². The Morgan fingerprint density at radius 1 is 0.972 bits per heavy atom. The smallest absolute Gasteiger partial charge is 0.187 e. The van der Waals surface area contributed by atoms with Crippen molar-refractivity contribution in [2.45, 2.75) is 127 Å². The molecule has 0 unspecified atom stereocenters. The van der Waals surface area contributed by atoms with E-state index in [9.17, 15) is 40.5 Å². The number of rotatable bonds is 5. The molecule has 0 heterocycles. The molecule has 0 saturated heterocycles. The van der Waals surface area contributed by atoms with E-state index in [-0.39, 0.29) is 30.7 Å². The Morgan fingerprint density at radius 2 is 1.56 bits per heavy atom. The molecule has 10 atom stereocenters. The Kier molecular flexibility index (Phi) is 7.25. The van der Waals surface area contributed by atoms with Gasteiger partial charge in [0.15, 0.2) is 5.78 Å². The van der Waals surface area contributed by atoms with Crippen molar-refractivity contribution in [3.8, 4) is 0 Å². The first-order valence-electron chi connectivity index (χ1n) is 13.0. The van der Waals surface area contributed by atoms with Gasteiger partial charge in [-0.1, -0.05) is 13.8 Å². The highest BCUT2D eigenvalue weighted by atomic mass is 16.3. The molecule has 0 radical (unpaired) electrons. The number of carbonyl (C=O) groups is 1. The average molecular weight is 515 g/mol. The van der Waals surface area contributed by atoms with Crippen LogP contribution in [0.3, 0.4) is 0 Å². The molecule has 0 aromatic rings. The second-order valence-electron chi connectivity index (χ2n) is 13.3. The number of aliphatic hydroxyl groups is 7. The summed E-state index contributed by atoms with van der Waals surface area (Å²) in [6, 6.07) is 0. The molecular formula is C27H46O9. The van der Waals surface area contributed by atoms with Crippen molar-refractivity contribution in [1.29, 1.82) is 0 Å². The van der Waals surface area contributed by atoms with Crippen LogP contribution in [-0.4, -0.2) is 87.7 Å². The normalized spacial score (nSPS) is 47.0. The third kappa shape index (κ3) is 3.93. The number of hydrogen-bond donors (Lipinski definition) is 7. The molecule has 4 rings (SSSR count). The largest absolute Gasteiger partial charge is 0.412 e. The SMILES string of the molecule is CC(C)(O)CC[C@H](O)[C@@](C)(O)[C@@H]1CC[C@]2(O)C3=CC(=O)[C@@]4(O)C[C@H](O)[C@H](O)C[C@@]4(C)[C@@H]3CC[C@@]12C.O. The molecule has 9 nitrogen and oxygen atoms in total. The van der Waals surface area contributed by atoms with Gasteiger partial charge in [0.1, 0.15) is 5.60 Å². The predicted octanol–water partition coefficient (Wildman–Crippen LogP) is 0.144. The molecule has 36 heavy (non-hydrogen) atoms. The van der Waals surface area contributed by atoms with Gasteiger partial charge >= 0.3 is 0 Å². The Balaban J connectivity index is 0.00000361. The van der Waals surface area contributed by atoms with Crippen LogP contribution in [0.25, 0.3) is 0 Å². The molecule has 0 aliphatic heterocycles. The van der Waals surface area contributed by atoms with Crippen molar-refractivity contribution < 1.29 is 46.0 Å². The van der Waals surface area contributed by atoms with Gasteiger partial charge < -0.3 is 41.2 Å². The lowest BCUT2D eigenvalue weighted by atomic mass is 9.44. The maximum Gasteiger partial charge on any atom is 0.187 e. The Morgan fingerprint density at radius 3 is 2.14 bits per heavy atom. The lowest BCUT2D eigenvalue weighted by Gasteiger charge is -2.62. The molecule has 0 aromatic carbocycles. The minimum absolute atomic E-state index is 0. The Labute approximate surface area is 213 Å². The van der Waals surface area contributed by atoms with Crippen molar-refractivity contribution in [3.63, 3.8) is 0 Å². The van der Waals surface area contributed by atoms with E-state index in [2.05, 4.69) is 0 Å². The summed E-state index contributed by atoms with van der Waals surface area (Å²) < 4.78 is 0. The van der Waals surface area contributed by atoms with Crippen LogP contribution in [-0.2, 0) is 4.79 Å². The van der Waals surface area contributed by atoms with Crippen LogP contribution < -0.4 is 0 Å². The van der Waals surface area contributed by atoms with Gasteiger partial charge in [-0.2, -0.15) is 0 Å². The van der Waals surface area contributed by atoms with Crippen LogP contribution in [0.5, 0.6) is 0 Å². The maximum atomic E-state index is 13.3. The third-order valence-electron chi connectivity index (χ3n) is 10.7. The average Bonchev–Trinajstić information content (AvgIpc) is 3.01. The van der Waals surface area contributed by atoms with Crippen LogP contribution in [0.4, 0.5) is 0 Å². The molecule has 3 fully saturated rings. The fraction of sp³-hybridized carbons (Fsp3) is 0.889. The molecule has 9 heteroatoms. The van der Waals surface area contributed by atoms with Gasteiger partial charge in [-0.05, 0) is 89.2 Å². The number of ketones is 1. The van der Waals surface area contributed by atoms with Gasteiger partial charge in [-0.15, -0.1) is 0 Å². The van der Waals surface area contributed by atoms with Crippen LogP contribution in [0.2, 0.25) is 0 Å². The van der Waals surface area contributed by atoms with Crippen LogP contribution >= 0.6 is 0 Å². The first-order chi connectivity index (χ1) is 15.8. The highest BCUT2D eigenvalue weighted by molar-refractivity contribution is 6.00. The monoisotopic (exact) mass is 514 g/mol. The number of fused-ring (bicyclic) bond motifs is 5. The van der Waals surface area contributed by atoms with E-state index in [0.29, 0.717) is 37.7 Å². The van der Waals surface area contributed by atoms with Crippen LogP contribution in [0, 0.1) is 22.7 Å². The summed E-state index contributed by atoms with van der Waals surface area (Å²) in [5.41, 5.74) is -7.07. The van der Waals surface area contributed by atoms with E-state index in [1.165, 1.54) is 6.08 Å². The van der Waals surface area contributed by atoms with E-state index in [4.69, 9.17) is 0 Å². The zero-order chi connectivity index (χ0) is 26.4. The highest BCUT2D eigenvalue weighted by Gasteiger charge is 2.71. The summed E-state index contributed by atoms with van der Waals surface area (Å²) in [5, 5.41) is 77.0. The minimum Gasteiger partial charge on any atom is -0.412 e. The predicted molar refractivity (Wildman–Crippen MR) is 132 cm³/mol. The summed E-state index contributed by atoms with van der Waals surface area (Å²) >= 11 is 0. The highest BCUT2D eigenvalue weighted by Crippen LogP contribution is 2.69.